The first-order valence-electron chi connectivity index (χ1n) is 3.74. The molecule has 0 bridgehead atoms. The van der Waals surface area contributed by atoms with Gasteiger partial charge in [-0.25, -0.2) is 0 Å². The summed E-state index contributed by atoms with van der Waals surface area (Å²) in [7, 11) is 0. The van der Waals surface area contributed by atoms with Gasteiger partial charge < -0.3 is 4.74 Å². The van der Waals surface area contributed by atoms with Crippen molar-refractivity contribution >= 4 is 23.2 Å². The molecule has 0 aliphatic rings. The summed E-state index contributed by atoms with van der Waals surface area (Å²) in [5, 5.41) is 0.975. The van der Waals surface area contributed by atoms with E-state index in [9.17, 15) is 0 Å². The van der Waals surface area contributed by atoms with E-state index in [1.807, 2.05) is 6.92 Å². The van der Waals surface area contributed by atoms with Crippen molar-refractivity contribution in [3.63, 3.8) is 0 Å². The normalized spacial score (nSPS) is 9.92. The molecule has 12 heavy (non-hydrogen) atoms. The Morgan fingerprint density at radius 3 is 2.83 bits per heavy atom. The Bertz CT molecular complexity index is 240. The molecule has 0 heterocycles. The molecule has 0 N–H and O–H groups in total. The van der Waals surface area contributed by atoms with Gasteiger partial charge in [-0.1, -0.05) is 36.2 Å². The van der Waals surface area contributed by atoms with Crippen molar-refractivity contribution < 1.29 is 4.74 Å². The first kappa shape index (κ1) is 9.69. The fraction of sp³-hybridized carbons (Fsp3) is 0.333. The van der Waals surface area contributed by atoms with Gasteiger partial charge in [-0.3, -0.25) is 0 Å². The maximum atomic E-state index is 5.84. The molecule has 3 heteroatoms. The maximum absolute atomic E-state index is 5.84. The quantitative estimate of drug-likeness (QED) is 0.730. The van der Waals surface area contributed by atoms with Gasteiger partial charge in [0.05, 0.1) is 16.7 Å². The van der Waals surface area contributed by atoms with Gasteiger partial charge in [0.2, 0.25) is 0 Å². The van der Waals surface area contributed by atoms with Crippen molar-refractivity contribution in [3.8, 4) is 5.75 Å². The lowest BCUT2D eigenvalue weighted by molar-refractivity contribution is 0.318. The molecule has 1 radical (unpaired) electrons. The van der Waals surface area contributed by atoms with Crippen molar-refractivity contribution in [2.24, 2.45) is 0 Å². The van der Waals surface area contributed by atoms with Crippen LogP contribution in [-0.2, 0) is 0 Å². The molecular formula is C9H9Cl2O. The molecule has 0 atom stereocenters. The van der Waals surface area contributed by atoms with Gasteiger partial charge in [0.15, 0.2) is 5.75 Å². The summed E-state index contributed by atoms with van der Waals surface area (Å²) < 4.78 is 5.32. The molecule has 0 fully saturated rings. The topological polar surface area (TPSA) is 9.23 Å². The van der Waals surface area contributed by atoms with Crippen LogP contribution in [0.15, 0.2) is 12.1 Å². The highest BCUT2D eigenvalue weighted by molar-refractivity contribution is 6.37. The van der Waals surface area contributed by atoms with E-state index in [1.165, 1.54) is 0 Å². The smallest absolute Gasteiger partial charge is 0.157 e. The molecule has 0 aliphatic heterocycles. The van der Waals surface area contributed by atoms with Crippen LogP contribution in [0.3, 0.4) is 0 Å². The zero-order chi connectivity index (χ0) is 8.97. The number of benzene rings is 1. The summed E-state index contributed by atoms with van der Waals surface area (Å²) >= 11 is 11.6. The summed E-state index contributed by atoms with van der Waals surface area (Å²) in [5.74, 6) is 0.530. The van der Waals surface area contributed by atoms with Crippen LogP contribution in [0.5, 0.6) is 5.75 Å². The van der Waals surface area contributed by atoms with E-state index >= 15 is 0 Å². The highest BCUT2D eigenvalue weighted by atomic mass is 35.5. The minimum Gasteiger partial charge on any atom is -0.490 e. The Labute approximate surface area is 82.2 Å². The predicted molar refractivity (Wildman–Crippen MR) is 51.1 cm³/mol. The zero-order valence-electron chi connectivity index (χ0n) is 6.73. The van der Waals surface area contributed by atoms with E-state index in [4.69, 9.17) is 27.9 Å². The average Bonchev–Trinajstić information content (AvgIpc) is 2.04. The lowest BCUT2D eigenvalue weighted by Crippen LogP contribution is -1.96. The molecule has 0 saturated carbocycles. The Kier molecular flexibility index (Phi) is 3.70. The summed E-state index contributed by atoms with van der Waals surface area (Å²) in [6.45, 7) is 2.64. The SMILES string of the molecule is CCCOc1c(Cl)[c]ccc1Cl. The summed E-state index contributed by atoms with van der Waals surface area (Å²) in [4.78, 5) is 0. The molecule has 0 unspecified atom stereocenters. The molecule has 1 aromatic rings. The number of ether oxygens (including phenoxy) is 1. The second-order valence-corrected chi connectivity index (χ2v) is 3.10. The molecule has 0 spiro atoms. The van der Waals surface area contributed by atoms with Crippen LogP contribution in [0.4, 0.5) is 0 Å². The van der Waals surface area contributed by atoms with Crippen molar-refractivity contribution in [2.45, 2.75) is 13.3 Å². The predicted octanol–water partition coefficient (Wildman–Crippen LogP) is 3.58. The van der Waals surface area contributed by atoms with E-state index in [0.717, 1.165) is 6.42 Å². The van der Waals surface area contributed by atoms with Gasteiger partial charge >= 0.3 is 0 Å². The third-order valence-electron chi connectivity index (χ3n) is 1.31. The molecule has 1 nitrogen and oxygen atoms in total. The Balaban J connectivity index is 2.81. The lowest BCUT2D eigenvalue weighted by Gasteiger charge is -2.07. The molecule has 0 amide bonds. The first-order valence-corrected chi connectivity index (χ1v) is 4.49. The van der Waals surface area contributed by atoms with Gasteiger partial charge in [-0.05, 0) is 12.5 Å². The summed E-state index contributed by atoms with van der Waals surface area (Å²) in [6, 6.07) is 6.18. The monoisotopic (exact) mass is 203 g/mol. The van der Waals surface area contributed by atoms with E-state index in [2.05, 4.69) is 6.07 Å². The second kappa shape index (κ2) is 4.58. The molecule has 0 aromatic heterocycles. The van der Waals surface area contributed by atoms with Gasteiger partial charge in [0.1, 0.15) is 0 Å². The minimum atomic E-state index is 0.441. The van der Waals surface area contributed by atoms with Gasteiger partial charge in [-0.15, -0.1) is 0 Å². The summed E-state index contributed by atoms with van der Waals surface area (Å²) in [6.07, 6.45) is 0.932. The molecule has 0 aliphatic carbocycles. The first-order chi connectivity index (χ1) is 5.75. The minimum absolute atomic E-state index is 0.441. The molecule has 1 aromatic carbocycles. The molecule has 0 saturated heterocycles. The van der Waals surface area contributed by atoms with Crippen LogP contribution in [0, 0.1) is 6.07 Å². The van der Waals surface area contributed by atoms with E-state index in [1.54, 1.807) is 12.1 Å². The Morgan fingerprint density at radius 2 is 2.25 bits per heavy atom. The fourth-order valence-corrected chi connectivity index (χ4v) is 1.25. The number of hydrogen-bond acceptors (Lipinski definition) is 1. The number of rotatable bonds is 3. The van der Waals surface area contributed by atoms with Gasteiger partial charge in [0.25, 0.3) is 0 Å². The maximum Gasteiger partial charge on any atom is 0.157 e. The third kappa shape index (κ3) is 2.29. The molecular weight excluding hydrogens is 195 g/mol. The Morgan fingerprint density at radius 1 is 1.50 bits per heavy atom. The molecule has 65 valence electrons. The van der Waals surface area contributed by atoms with E-state index in [-0.39, 0.29) is 0 Å². The van der Waals surface area contributed by atoms with Crippen LogP contribution in [0.25, 0.3) is 0 Å². The van der Waals surface area contributed by atoms with Gasteiger partial charge in [0, 0.05) is 6.07 Å². The van der Waals surface area contributed by atoms with Crippen LogP contribution in [0.1, 0.15) is 13.3 Å². The third-order valence-corrected chi connectivity index (χ3v) is 1.88. The largest absolute Gasteiger partial charge is 0.490 e. The van der Waals surface area contributed by atoms with Crippen LogP contribution >= 0.6 is 23.2 Å². The zero-order valence-corrected chi connectivity index (χ0v) is 8.24. The highest BCUT2D eigenvalue weighted by Gasteiger charge is 2.05. The van der Waals surface area contributed by atoms with Crippen molar-refractivity contribution in [3.05, 3.63) is 28.2 Å². The van der Waals surface area contributed by atoms with E-state index < -0.39 is 0 Å². The standard InChI is InChI=1S/C9H9Cl2O/c1-2-6-12-9-7(10)4-3-5-8(9)11/h3-4H,2,6H2,1H3. The van der Waals surface area contributed by atoms with Crippen molar-refractivity contribution in [2.75, 3.05) is 6.61 Å². The average molecular weight is 204 g/mol. The van der Waals surface area contributed by atoms with Crippen LogP contribution in [-0.4, -0.2) is 6.61 Å². The number of halogens is 2. The van der Waals surface area contributed by atoms with Crippen LogP contribution in [0.2, 0.25) is 10.0 Å². The highest BCUT2D eigenvalue weighted by Crippen LogP contribution is 2.31. The van der Waals surface area contributed by atoms with Gasteiger partial charge in [-0.2, -0.15) is 0 Å². The lowest BCUT2D eigenvalue weighted by atomic mass is 10.3. The fourth-order valence-electron chi connectivity index (χ4n) is 0.770. The van der Waals surface area contributed by atoms with E-state index in [0.29, 0.717) is 22.4 Å². The summed E-state index contributed by atoms with van der Waals surface area (Å²) in [5.41, 5.74) is 0. The number of hydrogen-bond donors (Lipinski definition) is 0. The Hall–Kier alpha value is -0.400. The molecule has 1 rings (SSSR count). The van der Waals surface area contributed by atoms with Crippen molar-refractivity contribution in [1.29, 1.82) is 0 Å². The van der Waals surface area contributed by atoms with Crippen LogP contribution < -0.4 is 4.74 Å². The second-order valence-electron chi connectivity index (χ2n) is 2.32. The van der Waals surface area contributed by atoms with Crippen molar-refractivity contribution in [1.82, 2.24) is 0 Å².